The van der Waals surface area contributed by atoms with Crippen LogP contribution in [-0.2, 0) is 0 Å². The maximum Gasteiger partial charge on any atom is 0.255 e. The molecule has 2 heterocycles. The number of anilines is 1. The molecule has 0 bridgehead atoms. The van der Waals surface area contributed by atoms with Crippen LogP contribution in [0.15, 0.2) is 66.9 Å². The van der Waals surface area contributed by atoms with Gasteiger partial charge < -0.3 is 5.32 Å². The van der Waals surface area contributed by atoms with E-state index in [0.29, 0.717) is 16.8 Å². The highest BCUT2D eigenvalue weighted by Gasteiger charge is 2.13. The van der Waals surface area contributed by atoms with Crippen LogP contribution in [0, 0.1) is 18.3 Å². The van der Waals surface area contributed by atoms with Gasteiger partial charge in [-0.2, -0.15) is 10.4 Å². The summed E-state index contributed by atoms with van der Waals surface area (Å²) in [5.41, 5.74) is 3.91. The molecule has 0 saturated heterocycles. The minimum Gasteiger partial charge on any atom is -0.321 e. The second kappa shape index (κ2) is 6.73. The number of fused-ring (bicyclic) bond motifs is 1. The molecular weight excluding hydrogens is 338 g/mol. The summed E-state index contributed by atoms with van der Waals surface area (Å²) in [7, 11) is 0. The second-order valence-corrected chi connectivity index (χ2v) is 6.07. The van der Waals surface area contributed by atoms with Crippen LogP contribution in [0.5, 0.6) is 0 Å². The monoisotopic (exact) mass is 353 g/mol. The van der Waals surface area contributed by atoms with E-state index in [4.69, 9.17) is 5.26 Å². The number of rotatable bonds is 3. The number of para-hydroxylation sites is 1. The van der Waals surface area contributed by atoms with Gasteiger partial charge in [-0.1, -0.05) is 24.3 Å². The average Bonchev–Trinajstić information content (AvgIpc) is 3.05. The number of aryl methyl sites for hydroxylation is 1. The van der Waals surface area contributed by atoms with Crippen molar-refractivity contribution in [2.24, 2.45) is 0 Å². The van der Waals surface area contributed by atoms with Gasteiger partial charge in [-0.05, 0) is 43.3 Å². The average molecular weight is 353 g/mol. The highest BCUT2D eigenvalue weighted by Crippen LogP contribution is 2.23. The van der Waals surface area contributed by atoms with E-state index in [-0.39, 0.29) is 5.91 Å². The van der Waals surface area contributed by atoms with Crippen LogP contribution in [0.2, 0.25) is 0 Å². The van der Waals surface area contributed by atoms with Crippen LogP contribution in [-0.4, -0.2) is 20.7 Å². The van der Waals surface area contributed by atoms with Gasteiger partial charge in [0.15, 0.2) is 5.65 Å². The number of carbonyl (C=O) groups excluding carboxylic acids is 1. The molecule has 1 amide bonds. The molecule has 0 aliphatic rings. The number of pyridine rings is 1. The van der Waals surface area contributed by atoms with Gasteiger partial charge >= 0.3 is 0 Å². The van der Waals surface area contributed by atoms with Crippen LogP contribution < -0.4 is 5.32 Å². The van der Waals surface area contributed by atoms with Gasteiger partial charge in [-0.15, -0.1) is 0 Å². The first-order valence-electron chi connectivity index (χ1n) is 8.38. The third-order valence-corrected chi connectivity index (χ3v) is 4.22. The largest absolute Gasteiger partial charge is 0.321 e. The lowest BCUT2D eigenvalue weighted by molar-refractivity contribution is 0.102. The number of hydrogen-bond acceptors (Lipinski definition) is 4. The Morgan fingerprint density at radius 1 is 1.11 bits per heavy atom. The molecule has 4 aromatic rings. The molecule has 0 aliphatic heterocycles. The van der Waals surface area contributed by atoms with Crippen LogP contribution in [0.4, 0.5) is 5.69 Å². The molecular formula is C21H15N5O. The smallest absolute Gasteiger partial charge is 0.255 e. The zero-order valence-corrected chi connectivity index (χ0v) is 14.5. The van der Waals surface area contributed by atoms with Gasteiger partial charge in [0.05, 0.1) is 34.9 Å². The van der Waals surface area contributed by atoms with Gasteiger partial charge in [-0.25, -0.2) is 9.67 Å². The second-order valence-electron chi connectivity index (χ2n) is 6.07. The molecule has 0 radical (unpaired) electrons. The molecule has 0 atom stereocenters. The first kappa shape index (κ1) is 16.5. The van der Waals surface area contributed by atoms with Gasteiger partial charge in [0.25, 0.3) is 5.91 Å². The van der Waals surface area contributed by atoms with Crippen molar-refractivity contribution >= 4 is 22.6 Å². The summed E-state index contributed by atoms with van der Waals surface area (Å²) in [5.74, 6) is -0.290. The van der Waals surface area contributed by atoms with Crippen molar-refractivity contribution < 1.29 is 4.79 Å². The Labute approximate surface area is 155 Å². The van der Waals surface area contributed by atoms with Gasteiger partial charge in [0.2, 0.25) is 0 Å². The van der Waals surface area contributed by atoms with Crippen molar-refractivity contribution in [1.29, 1.82) is 5.26 Å². The number of nitrogens with one attached hydrogen (secondary N) is 1. The summed E-state index contributed by atoms with van der Waals surface area (Å²) >= 11 is 0. The van der Waals surface area contributed by atoms with E-state index >= 15 is 0 Å². The van der Waals surface area contributed by atoms with E-state index in [1.54, 1.807) is 35.1 Å². The zero-order chi connectivity index (χ0) is 18.8. The maximum atomic E-state index is 12.5. The van der Waals surface area contributed by atoms with E-state index in [2.05, 4.69) is 15.4 Å². The maximum absolute atomic E-state index is 12.5. The standard InChI is InChI=1S/C21H15N5O/c1-14-19-11-17(24-21(27)16-7-5-6-15(10-16)12-22)13-23-20(19)26(25-14)18-8-3-2-4-9-18/h2-11,13H,1H3,(H,24,27). The molecule has 0 unspecified atom stereocenters. The molecule has 27 heavy (non-hydrogen) atoms. The molecule has 2 aromatic carbocycles. The predicted octanol–water partition coefficient (Wildman–Crippen LogP) is 3.85. The molecule has 1 N–H and O–H groups in total. The molecule has 4 rings (SSSR count). The number of nitrogens with zero attached hydrogens (tertiary/aromatic N) is 4. The van der Waals surface area contributed by atoms with Crippen molar-refractivity contribution in [1.82, 2.24) is 14.8 Å². The van der Waals surface area contributed by atoms with Gasteiger partial charge in [0, 0.05) is 10.9 Å². The van der Waals surface area contributed by atoms with Gasteiger partial charge in [-0.3, -0.25) is 4.79 Å². The Morgan fingerprint density at radius 3 is 2.70 bits per heavy atom. The molecule has 0 aliphatic carbocycles. The Balaban J connectivity index is 1.67. The lowest BCUT2D eigenvalue weighted by Crippen LogP contribution is -2.12. The first-order chi connectivity index (χ1) is 13.2. The molecule has 0 fully saturated rings. The van der Waals surface area contributed by atoms with E-state index < -0.39 is 0 Å². The van der Waals surface area contributed by atoms with Crippen molar-refractivity contribution in [3.05, 3.63) is 83.7 Å². The van der Waals surface area contributed by atoms with Crippen molar-refractivity contribution in [3.8, 4) is 11.8 Å². The SMILES string of the molecule is Cc1nn(-c2ccccc2)c2ncc(NC(=O)c3cccc(C#N)c3)cc12. The molecule has 6 heteroatoms. The van der Waals surface area contributed by atoms with E-state index in [1.807, 2.05) is 49.4 Å². The number of amides is 1. The fourth-order valence-electron chi connectivity index (χ4n) is 2.89. The lowest BCUT2D eigenvalue weighted by atomic mass is 10.1. The van der Waals surface area contributed by atoms with Gasteiger partial charge in [0.1, 0.15) is 0 Å². The Hall–Kier alpha value is -3.98. The quantitative estimate of drug-likeness (QED) is 0.606. The van der Waals surface area contributed by atoms with Crippen LogP contribution >= 0.6 is 0 Å². The van der Waals surface area contributed by atoms with E-state index in [0.717, 1.165) is 22.4 Å². The molecule has 0 saturated carbocycles. The Bertz CT molecular complexity index is 1190. The summed E-state index contributed by atoms with van der Waals surface area (Å²) < 4.78 is 1.78. The first-order valence-corrected chi connectivity index (χ1v) is 8.38. The van der Waals surface area contributed by atoms with E-state index in [1.165, 1.54) is 0 Å². The normalized spacial score (nSPS) is 10.5. The number of carbonyl (C=O) groups is 1. The number of nitriles is 1. The van der Waals surface area contributed by atoms with Crippen molar-refractivity contribution in [2.75, 3.05) is 5.32 Å². The van der Waals surface area contributed by atoms with E-state index in [9.17, 15) is 4.79 Å². The summed E-state index contributed by atoms with van der Waals surface area (Å²) in [4.78, 5) is 17.0. The zero-order valence-electron chi connectivity index (χ0n) is 14.5. The molecule has 2 aromatic heterocycles. The number of aromatic nitrogens is 3. The summed E-state index contributed by atoms with van der Waals surface area (Å²) in [6.07, 6.45) is 1.61. The van der Waals surface area contributed by atoms with Crippen LogP contribution in [0.1, 0.15) is 21.6 Å². The van der Waals surface area contributed by atoms with Crippen LogP contribution in [0.3, 0.4) is 0 Å². The third-order valence-electron chi connectivity index (χ3n) is 4.22. The molecule has 6 nitrogen and oxygen atoms in total. The van der Waals surface area contributed by atoms with Crippen molar-refractivity contribution in [3.63, 3.8) is 0 Å². The Kier molecular flexibility index (Phi) is 4.11. The summed E-state index contributed by atoms with van der Waals surface area (Å²) in [6.45, 7) is 1.91. The minimum absolute atomic E-state index is 0.290. The highest BCUT2D eigenvalue weighted by molar-refractivity contribution is 6.05. The van der Waals surface area contributed by atoms with Crippen molar-refractivity contribution in [2.45, 2.75) is 6.92 Å². The summed E-state index contributed by atoms with van der Waals surface area (Å²) in [6, 6.07) is 20.2. The predicted molar refractivity (Wildman–Crippen MR) is 103 cm³/mol. The lowest BCUT2D eigenvalue weighted by Gasteiger charge is -2.06. The minimum atomic E-state index is -0.290. The third kappa shape index (κ3) is 3.14. The fourth-order valence-corrected chi connectivity index (χ4v) is 2.89. The molecule has 0 spiro atoms. The Morgan fingerprint density at radius 2 is 1.93 bits per heavy atom. The topological polar surface area (TPSA) is 83.6 Å². The number of benzene rings is 2. The molecule has 130 valence electrons. The van der Waals surface area contributed by atoms with Crippen LogP contribution in [0.25, 0.3) is 16.7 Å². The highest BCUT2D eigenvalue weighted by atomic mass is 16.1. The number of hydrogen-bond donors (Lipinski definition) is 1. The summed E-state index contributed by atoms with van der Waals surface area (Å²) in [5, 5.41) is 17.2. The fraction of sp³-hybridized carbons (Fsp3) is 0.0476.